The zero-order valence-corrected chi connectivity index (χ0v) is 14.4. The van der Waals surface area contributed by atoms with Crippen LogP contribution < -0.4 is 0 Å². The number of hydrogen-bond donors (Lipinski definition) is 0. The molecule has 1 aliphatic rings. The highest BCUT2D eigenvalue weighted by atomic mass is 16.2. The van der Waals surface area contributed by atoms with Crippen molar-refractivity contribution in [2.24, 2.45) is 7.05 Å². The van der Waals surface area contributed by atoms with Crippen LogP contribution >= 0.6 is 0 Å². The van der Waals surface area contributed by atoms with Crippen LogP contribution in [0.2, 0.25) is 0 Å². The summed E-state index contributed by atoms with van der Waals surface area (Å²) in [7, 11) is 1.93. The molecular weight excluding hydrogens is 290 g/mol. The predicted molar refractivity (Wildman–Crippen MR) is 88.1 cm³/mol. The number of carbonyl (C=O) groups excluding carboxylic acids is 1. The molecule has 3 rings (SSSR count). The first kappa shape index (κ1) is 15.8. The molecule has 1 aliphatic heterocycles. The standard InChI is InChI=1S/C17H25N5O/c1-12(16-13(2)19-20(4)14(16)3)17(23)22-10-5-7-15(22)11-21-9-6-8-18-21/h6,8-9,12,15H,5,7,10-11H2,1-4H3/t12-,15-/m1/s1. The van der Waals surface area contributed by atoms with E-state index in [0.29, 0.717) is 0 Å². The number of hydrogen-bond acceptors (Lipinski definition) is 3. The molecule has 23 heavy (non-hydrogen) atoms. The molecule has 2 aromatic heterocycles. The van der Waals surface area contributed by atoms with Gasteiger partial charge in [0.15, 0.2) is 0 Å². The molecule has 6 heteroatoms. The second kappa shape index (κ2) is 6.18. The lowest BCUT2D eigenvalue weighted by molar-refractivity contribution is -0.133. The molecule has 124 valence electrons. The molecule has 0 saturated carbocycles. The van der Waals surface area contributed by atoms with E-state index >= 15 is 0 Å². The number of nitrogens with zero attached hydrogens (tertiary/aromatic N) is 5. The van der Waals surface area contributed by atoms with Gasteiger partial charge in [0.1, 0.15) is 0 Å². The summed E-state index contributed by atoms with van der Waals surface area (Å²) in [6.07, 6.45) is 5.85. The van der Waals surface area contributed by atoms with Crippen LogP contribution in [0.1, 0.15) is 42.6 Å². The topological polar surface area (TPSA) is 56.0 Å². The molecule has 0 bridgehead atoms. The molecule has 0 unspecified atom stereocenters. The number of aryl methyl sites for hydroxylation is 2. The van der Waals surface area contributed by atoms with E-state index < -0.39 is 0 Å². The Morgan fingerprint density at radius 1 is 1.43 bits per heavy atom. The average molecular weight is 315 g/mol. The van der Waals surface area contributed by atoms with E-state index in [-0.39, 0.29) is 17.9 Å². The fourth-order valence-electron chi connectivity index (χ4n) is 3.73. The Morgan fingerprint density at radius 2 is 2.22 bits per heavy atom. The van der Waals surface area contributed by atoms with Gasteiger partial charge in [-0.1, -0.05) is 0 Å². The number of carbonyl (C=O) groups is 1. The minimum absolute atomic E-state index is 0.151. The van der Waals surface area contributed by atoms with Crippen LogP contribution in [0.5, 0.6) is 0 Å². The number of amides is 1. The second-order valence-electron chi connectivity index (χ2n) is 6.49. The Kier molecular flexibility index (Phi) is 4.24. The average Bonchev–Trinajstić information content (AvgIpc) is 3.22. The van der Waals surface area contributed by atoms with Crippen molar-refractivity contribution in [3.63, 3.8) is 0 Å². The first-order valence-corrected chi connectivity index (χ1v) is 8.27. The second-order valence-corrected chi connectivity index (χ2v) is 6.49. The van der Waals surface area contributed by atoms with Crippen molar-refractivity contribution >= 4 is 5.91 Å². The van der Waals surface area contributed by atoms with E-state index in [9.17, 15) is 4.79 Å². The van der Waals surface area contributed by atoms with Gasteiger partial charge in [0.2, 0.25) is 5.91 Å². The van der Waals surface area contributed by atoms with Crippen LogP contribution in [0.3, 0.4) is 0 Å². The van der Waals surface area contributed by atoms with Gasteiger partial charge in [0, 0.05) is 37.2 Å². The lowest BCUT2D eigenvalue weighted by atomic mass is 9.97. The summed E-state index contributed by atoms with van der Waals surface area (Å²) in [4.78, 5) is 15.1. The van der Waals surface area contributed by atoms with Gasteiger partial charge in [-0.05, 0) is 39.7 Å². The van der Waals surface area contributed by atoms with Gasteiger partial charge >= 0.3 is 0 Å². The maximum atomic E-state index is 13.1. The van der Waals surface area contributed by atoms with Crippen molar-refractivity contribution in [2.75, 3.05) is 6.54 Å². The van der Waals surface area contributed by atoms with Crippen LogP contribution in [0, 0.1) is 13.8 Å². The number of rotatable bonds is 4. The molecule has 2 atom stereocenters. The van der Waals surface area contributed by atoms with Gasteiger partial charge in [-0.2, -0.15) is 10.2 Å². The van der Waals surface area contributed by atoms with Crippen LogP contribution in [-0.4, -0.2) is 43.0 Å². The van der Waals surface area contributed by atoms with E-state index in [2.05, 4.69) is 10.2 Å². The Balaban J connectivity index is 1.78. The zero-order chi connectivity index (χ0) is 16.6. The normalized spacial score (nSPS) is 19.3. The Morgan fingerprint density at radius 3 is 2.83 bits per heavy atom. The Labute approximate surface area is 137 Å². The van der Waals surface area contributed by atoms with E-state index in [4.69, 9.17) is 0 Å². The van der Waals surface area contributed by atoms with Crippen molar-refractivity contribution < 1.29 is 4.79 Å². The molecule has 6 nitrogen and oxygen atoms in total. The Hall–Kier alpha value is -2.11. The van der Waals surface area contributed by atoms with E-state index in [0.717, 1.165) is 42.9 Å². The summed E-state index contributed by atoms with van der Waals surface area (Å²) >= 11 is 0. The summed E-state index contributed by atoms with van der Waals surface area (Å²) < 4.78 is 3.78. The molecule has 0 N–H and O–H groups in total. The van der Waals surface area contributed by atoms with E-state index in [1.165, 1.54) is 0 Å². The van der Waals surface area contributed by atoms with E-state index in [1.807, 2.05) is 54.3 Å². The van der Waals surface area contributed by atoms with Crippen molar-refractivity contribution in [3.8, 4) is 0 Å². The first-order valence-electron chi connectivity index (χ1n) is 8.27. The van der Waals surface area contributed by atoms with Gasteiger partial charge in [-0.15, -0.1) is 0 Å². The van der Waals surface area contributed by atoms with Gasteiger partial charge in [-0.25, -0.2) is 0 Å². The lowest BCUT2D eigenvalue weighted by Crippen LogP contribution is -2.40. The molecular formula is C17H25N5O. The monoisotopic (exact) mass is 315 g/mol. The molecule has 0 radical (unpaired) electrons. The van der Waals surface area contributed by atoms with Gasteiger partial charge in [0.25, 0.3) is 0 Å². The maximum Gasteiger partial charge on any atom is 0.230 e. The minimum atomic E-state index is -0.151. The molecule has 1 amide bonds. The van der Waals surface area contributed by atoms with Crippen molar-refractivity contribution in [1.82, 2.24) is 24.5 Å². The molecule has 1 fully saturated rings. The maximum absolute atomic E-state index is 13.1. The number of aromatic nitrogens is 4. The molecule has 1 saturated heterocycles. The molecule has 0 aromatic carbocycles. The predicted octanol–water partition coefficient (Wildman–Crippen LogP) is 2.03. The molecule has 0 aliphatic carbocycles. The molecule has 2 aromatic rings. The van der Waals surface area contributed by atoms with Gasteiger partial charge in [-0.3, -0.25) is 14.2 Å². The lowest BCUT2D eigenvalue weighted by Gasteiger charge is -2.28. The van der Waals surface area contributed by atoms with E-state index in [1.54, 1.807) is 6.20 Å². The number of likely N-dealkylation sites (tertiary alicyclic amines) is 1. The van der Waals surface area contributed by atoms with Gasteiger partial charge < -0.3 is 4.90 Å². The highest BCUT2D eigenvalue weighted by Gasteiger charge is 2.34. The van der Waals surface area contributed by atoms with Crippen LogP contribution in [0.4, 0.5) is 0 Å². The SMILES string of the molecule is Cc1nn(C)c(C)c1[C@@H](C)C(=O)N1CCC[C@@H]1Cn1cccn1. The highest BCUT2D eigenvalue weighted by Crippen LogP contribution is 2.28. The van der Waals surface area contributed by atoms with Crippen LogP contribution in [0.15, 0.2) is 18.5 Å². The van der Waals surface area contributed by atoms with Crippen molar-refractivity contribution in [1.29, 1.82) is 0 Å². The summed E-state index contributed by atoms with van der Waals surface area (Å²) in [6.45, 7) is 7.63. The summed E-state index contributed by atoms with van der Waals surface area (Å²) in [6, 6.07) is 2.16. The third kappa shape index (κ3) is 2.90. The minimum Gasteiger partial charge on any atom is -0.337 e. The fourth-order valence-corrected chi connectivity index (χ4v) is 3.73. The van der Waals surface area contributed by atoms with Crippen LogP contribution in [0.25, 0.3) is 0 Å². The van der Waals surface area contributed by atoms with Crippen molar-refractivity contribution in [3.05, 3.63) is 35.4 Å². The Bertz CT molecular complexity index is 688. The molecule has 0 spiro atoms. The summed E-state index contributed by atoms with van der Waals surface area (Å²) in [5.41, 5.74) is 3.10. The molecule has 3 heterocycles. The third-order valence-electron chi connectivity index (χ3n) is 4.99. The fraction of sp³-hybridized carbons (Fsp3) is 0.588. The van der Waals surface area contributed by atoms with Gasteiger partial charge in [0.05, 0.1) is 24.2 Å². The smallest absolute Gasteiger partial charge is 0.230 e. The highest BCUT2D eigenvalue weighted by molar-refractivity contribution is 5.84. The quantitative estimate of drug-likeness (QED) is 0.867. The van der Waals surface area contributed by atoms with Crippen LogP contribution in [-0.2, 0) is 18.4 Å². The van der Waals surface area contributed by atoms with Crippen molar-refractivity contribution in [2.45, 2.75) is 52.1 Å². The zero-order valence-electron chi connectivity index (χ0n) is 14.4. The summed E-state index contributed by atoms with van der Waals surface area (Å²) in [5, 5.41) is 8.73. The largest absolute Gasteiger partial charge is 0.337 e. The third-order valence-corrected chi connectivity index (χ3v) is 4.99. The first-order chi connectivity index (χ1) is 11.0. The summed E-state index contributed by atoms with van der Waals surface area (Å²) in [5.74, 6) is 0.0563.